The maximum atomic E-state index is 2.17. The van der Waals surface area contributed by atoms with Crippen LogP contribution in [0.15, 0.2) is 0 Å². The molecule has 0 heterocycles. The van der Waals surface area contributed by atoms with E-state index in [1.54, 1.807) is 0 Å². The standard InChI is InChI=1S/C6H16N2S2.ClH/c1-7(2)5-9-10-6-8(3)4;/h5-6H2,1-4H3;1H. The molecular weight excluding hydrogens is 200 g/mol. The molecule has 0 fully saturated rings. The van der Waals surface area contributed by atoms with E-state index in [0.29, 0.717) is 0 Å². The van der Waals surface area contributed by atoms with Gasteiger partial charge < -0.3 is 0 Å². The first-order chi connectivity index (χ1) is 4.63. The first kappa shape index (κ1) is 14.4. The average Bonchev–Trinajstić information content (AvgIpc) is 1.79. The van der Waals surface area contributed by atoms with Gasteiger partial charge in [0.05, 0.1) is 11.8 Å². The van der Waals surface area contributed by atoms with E-state index < -0.39 is 0 Å². The van der Waals surface area contributed by atoms with E-state index in [0.717, 1.165) is 11.8 Å². The molecule has 0 aromatic heterocycles. The van der Waals surface area contributed by atoms with Crippen molar-refractivity contribution in [1.29, 1.82) is 0 Å². The lowest BCUT2D eigenvalue weighted by molar-refractivity contribution is 0.484. The van der Waals surface area contributed by atoms with Crippen molar-refractivity contribution in [2.45, 2.75) is 0 Å². The van der Waals surface area contributed by atoms with Crippen LogP contribution in [-0.2, 0) is 0 Å². The van der Waals surface area contributed by atoms with Crippen LogP contribution < -0.4 is 0 Å². The third-order valence-corrected chi connectivity index (χ3v) is 3.25. The molecule has 70 valence electrons. The van der Waals surface area contributed by atoms with Crippen molar-refractivity contribution in [1.82, 2.24) is 9.80 Å². The summed E-state index contributed by atoms with van der Waals surface area (Å²) < 4.78 is 0. The molecule has 0 saturated carbocycles. The van der Waals surface area contributed by atoms with Gasteiger partial charge in [-0.1, -0.05) is 21.6 Å². The Hall–Kier alpha value is 0.910. The van der Waals surface area contributed by atoms with Gasteiger partial charge in [-0.3, -0.25) is 9.80 Å². The zero-order valence-corrected chi connectivity index (χ0v) is 9.98. The van der Waals surface area contributed by atoms with Crippen LogP contribution in [0, 0.1) is 0 Å². The van der Waals surface area contributed by atoms with Gasteiger partial charge >= 0.3 is 0 Å². The van der Waals surface area contributed by atoms with Crippen LogP contribution >= 0.6 is 34.0 Å². The lowest BCUT2D eigenvalue weighted by Gasteiger charge is -2.10. The summed E-state index contributed by atoms with van der Waals surface area (Å²) in [5, 5.41) is 0. The van der Waals surface area contributed by atoms with E-state index >= 15 is 0 Å². The summed E-state index contributed by atoms with van der Waals surface area (Å²) in [5.74, 6) is 2.19. The number of halogens is 1. The summed E-state index contributed by atoms with van der Waals surface area (Å²) in [6.45, 7) is 0. The van der Waals surface area contributed by atoms with Gasteiger partial charge in [0.25, 0.3) is 0 Å². The summed E-state index contributed by atoms with van der Waals surface area (Å²) in [6, 6.07) is 0. The Morgan fingerprint density at radius 2 is 1.09 bits per heavy atom. The second-order valence-electron chi connectivity index (χ2n) is 2.65. The van der Waals surface area contributed by atoms with E-state index in [4.69, 9.17) is 0 Å². The quantitative estimate of drug-likeness (QED) is 0.393. The second-order valence-corrected chi connectivity index (χ2v) is 5.06. The molecule has 0 atom stereocenters. The van der Waals surface area contributed by atoms with Crippen molar-refractivity contribution in [3.05, 3.63) is 0 Å². The van der Waals surface area contributed by atoms with Gasteiger partial charge in [0.15, 0.2) is 0 Å². The molecule has 0 aliphatic rings. The van der Waals surface area contributed by atoms with Crippen LogP contribution in [0.1, 0.15) is 0 Å². The Morgan fingerprint density at radius 1 is 0.818 bits per heavy atom. The molecule has 0 spiro atoms. The summed E-state index contributed by atoms with van der Waals surface area (Å²) in [5.41, 5.74) is 0. The number of nitrogens with zero attached hydrogens (tertiary/aromatic N) is 2. The normalized spacial score (nSPS) is 10.4. The van der Waals surface area contributed by atoms with E-state index in [1.165, 1.54) is 0 Å². The highest BCUT2D eigenvalue weighted by atomic mass is 35.5. The Balaban J connectivity index is 0. The van der Waals surface area contributed by atoms with Gasteiger partial charge in [0.2, 0.25) is 0 Å². The molecular formula is C6H17ClN2S2. The van der Waals surface area contributed by atoms with Crippen LogP contribution in [0.5, 0.6) is 0 Å². The SMILES string of the molecule is CN(C)CSSCN(C)C.Cl. The van der Waals surface area contributed by atoms with Crippen LogP contribution in [0.2, 0.25) is 0 Å². The van der Waals surface area contributed by atoms with Gasteiger partial charge in [0, 0.05) is 0 Å². The van der Waals surface area contributed by atoms with Crippen LogP contribution in [0.3, 0.4) is 0 Å². The predicted molar refractivity (Wildman–Crippen MR) is 59.5 cm³/mol. The number of hydrogen-bond acceptors (Lipinski definition) is 4. The molecule has 0 unspecified atom stereocenters. The van der Waals surface area contributed by atoms with Gasteiger partial charge in [-0.2, -0.15) is 0 Å². The summed E-state index contributed by atoms with van der Waals surface area (Å²) >= 11 is 0. The fraction of sp³-hybridized carbons (Fsp3) is 1.00. The van der Waals surface area contributed by atoms with E-state index in [1.807, 2.05) is 21.6 Å². The first-order valence-electron chi connectivity index (χ1n) is 3.17. The van der Waals surface area contributed by atoms with E-state index in [9.17, 15) is 0 Å². The third-order valence-electron chi connectivity index (χ3n) is 0.705. The molecule has 2 nitrogen and oxygen atoms in total. The van der Waals surface area contributed by atoms with E-state index in [-0.39, 0.29) is 12.4 Å². The topological polar surface area (TPSA) is 6.48 Å². The fourth-order valence-corrected chi connectivity index (χ4v) is 2.57. The maximum absolute atomic E-state index is 2.17. The van der Waals surface area contributed by atoms with Crippen molar-refractivity contribution in [2.24, 2.45) is 0 Å². The zero-order chi connectivity index (χ0) is 7.98. The molecule has 5 heteroatoms. The van der Waals surface area contributed by atoms with Gasteiger partial charge in [-0.25, -0.2) is 0 Å². The zero-order valence-electron chi connectivity index (χ0n) is 7.53. The number of hydrogen-bond donors (Lipinski definition) is 0. The largest absolute Gasteiger partial charge is 0.299 e. The Bertz CT molecular complexity index is 71.0. The number of rotatable bonds is 5. The minimum atomic E-state index is 0. The van der Waals surface area contributed by atoms with Gasteiger partial charge in [0.1, 0.15) is 0 Å². The molecule has 0 bridgehead atoms. The highest BCUT2D eigenvalue weighted by Gasteiger charge is 1.92. The lowest BCUT2D eigenvalue weighted by Crippen LogP contribution is -2.11. The van der Waals surface area contributed by atoms with Crippen LogP contribution in [0.25, 0.3) is 0 Å². The molecule has 0 saturated heterocycles. The highest BCUT2D eigenvalue weighted by molar-refractivity contribution is 8.76. The molecule has 0 aliphatic carbocycles. The summed E-state index contributed by atoms with van der Waals surface area (Å²) in [7, 11) is 12.1. The van der Waals surface area contributed by atoms with Crippen LogP contribution in [0.4, 0.5) is 0 Å². The first-order valence-corrected chi connectivity index (χ1v) is 5.65. The highest BCUT2D eigenvalue weighted by Crippen LogP contribution is 2.20. The molecule has 0 amide bonds. The Labute approximate surface area is 83.9 Å². The molecule has 0 rings (SSSR count). The van der Waals surface area contributed by atoms with Crippen LogP contribution in [-0.4, -0.2) is 49.7 Å². The summed E-state index contributed by atoms with van der Waals surface area (Å²) in [6.07, 6.45) is 0. The van der Waals surface area contributed by atoms with Crippen molar-refractivity contribution >= 4 is 34.0 Å². The van der Waals surface area contributed by atoms with Crippen molar-refractivity contribution in [2.75, 3.05) is 39.9 Å². The average molecular weight is 217 g/mol. The fourth-order valence-electron chi connectivity index (χ4n) is 0.285. The molecule has 0 aromatic carbocycles. The molecule has 11 heavy (non-hydrogen) atoms. The summed E-state index contributed by atoms with van der Waals surface area (Å²) in [4.78, 5) is 4.35. The maximum Gasteiger partial charge on any atom is 0.0544 e. The van der Waals surface area contributed by atoms with Gasteiger partial charge in [-0.05, 0) is 28.2 Å². The minimum absolute atomic E-state index is 0. The van der Waals surface area contributed by atoms with Crippen molar-refractivity contribution in [3.63, 3.8) is 0 Å². The van der Waals surface area contributed by atoms with E-state index in [2.05, 4.69) is 38.0 Å². The van der Waals surface area contributed by atoms with Gasteiger partial charge in [-0.15, -0.1) is 12.4 Å². The molecule has 0 aromatic rings. The minimum Gasteiger partial charge on any atom is -0.299 e. The molecule has 0 aliphatic heterocycles. The second kappa shape index (κ2) is 9.00. The monoisotopic (exact) mass is 216 g/mol. The Morgan fingerprint density at radius 3 is 1.27 bits per heavy atom. The molecule has 0 radical (unpaired) electrons. The van der Waals surface area contributed by atoms with Crippen molar-refractivity contribution < 1.29 is 0 Å². The lowest BCUT2D eigenvalue weighted by atomic mass is 11.0. The van der Waals surface area contributed by atoms with Crippen molar-refractivity contribution in [3.8, 4) is 0 Å². The third kappa shape index (κ3) is 13.8. The smallest absolute Gasteiger partial charge is 0.0544 e. The Kier molecular flexibility index (Phi) is 11.8. The molecule has 0 N–H and O–H groups in total. The predicted octanol–water partition coefficient (Wildman–Crippen LogP) is 1.83.